The number of amides is 1. The lowest BCUT2D eigenvalue weighted by atomic mass is 9.98. The Morgan fingerprint density at radius 1 is 1.38 bits per heavy atom. The lowest BCUT2D eigenvalue weighted by Crippen LogP contribution is -2.17. The molecule has 0 fully saturated rings. The van der Waals surface area contributed by atoms with Crippen LogP contribution >= 0.6 is 11.3 Å². The highest BCUT2D eigenvalue weighted by atomic mass is 32.1. The fourth-order valence-electron chi connectivity index (χ4n) is 1.89. The van der Waals surface area contributed by atoms with E-state index in [0.29, 0.717) is 0 Å². The van der Waals surface area contributed by atoms with Gasteiger partial charge < -0.3 is 10.4 Å². The quantitative estimate of drug-likeness (QED) is 0.783. The third-order valence-electron chi connectivity index (χ3n) is 2.64. The maximum Gasteiger partial charge on any atom is 0.227 e. The molecule has 2 N–H and O–H groups in total. The molecule has 0 saturated heterocycles. The molecule has 1 aliphatic rings. The smallest absolute Gasteiger partial charge is 0.227 e. The van der Waals surface area contributed by atoms with Crippen LogP contribution in [0.4, 0.5) is 5.00 Å². The third-order valence-corrected chi connectivity index (χ3v) is 3.83. The molecule has 4 nitrogen and oxygen atoms in total. The van der Waals surface area contributed by atoms with E-state index in [1.165, 1.54) is 18.3 Å². The molecule has 1 heterocycles. The van der Waals surface area contributed by atoms with Gasteiger partial charge in [-0.1, -0.05) is 0 Å². The van der Waals surface area contributed by atoms with Gasteiger partial charge in [0.25, 0.3) is 0 Å². The van der Waals surface area contributed by atoms with Crippen molar-refractivity contribution in [1.29, 1.82) is 0 Å². The Kier molecular flexibility index (Phi) is 2.96. The summed E-state index contributed by atoms with van der Waals surface area (Å²) in [7, 11) is 0. The van der Waals surface area contributed by atoms with E-state index >= 15 is 0 Å². The van der Waals surface area contributed by atoms with E-state index in [0.717, 1.165) is 36.1 Å². The lowest BCUT2D eigenvalue weighted by Gasteiger charge is -2.15. The predicted molar refractivity (Wildman–Crippen MR) is 63.2 cm³/mol. The second kappa shape index (κ2) is 4.25. The topological polar surface area (TPSA) is 66.4 Å². The minimum atomic E-state index is -0.322. The van der Waals surface area contributed by atoms with Gasteiger partial charge in [-0.25, -0.2) is 0 Å². The maximum atomic E-state index is 11.8. The summed E-state index contributed by atoms with van der Waals surface area (Å²) in [6.45, 7) is 1.36. The van der Waals surface area contributed by atoms with Crippen LogP contribution in [0.2, 0.25) is 0 Å². The first-order valence-corrected chi connectivity index (χ1v) is 6.06. The van der Waals surface area contributed by atoms with Crippen LogP contribution in [0.3, 0.4) is 0 Å². The lowest BCUT2D eigenvalue weighted by molar-refractivity contribution is -0.114. The molecule has 0 spiro atoms. The summed E-state index contributed by atoms with van der Waals surface area (Å²) in [4.78, 5) is 23.7. The van der Waals surface area contributed by atoms with Crippen LogP contribution in [-0.4, -0.2) is 11.0 Å². The first-order valence-electron chi connectivity index (χ1n) is 5.25. The van der Waals surface area contributed by atoms with Gasteiger partial charge in [-0.15, -0.1) is 11.3 Å². The summed E-state index contributed by atoms with van der Waals surface area (Å²) in [6.07, 6.45) is 3.65. The molecule has 1 aliphatic carbocycles. The molecule has 0 unspecified atom stereocenters. The van der Waals surface area contributed by atoms with Crippen LogP contribution in [0.5, 0.6) is 5.75 Å². The van der Waals surface area contributed by atoms with E-state index in [1.54, 1.807) is 0 Å². The van der Waals surface area contributed by atoms with Gasteiger partial charge in [-0.2, -0.15) is 0 Å². The number of nitrogens with one attached hydrogen (secondary N) is 1. The fraction of sp³-hybridized carbons (Fsp3) is 0.455. The summed E-state index contributed by atoms with van der Waals surface area (Å²) in [5.41, 5.74) is 0.403. The standard InChI is InChI=1S/C11H13NO3S/c1-6(13)12-11-10(15)9(14)7-4-2-3-5-8(7)16-11/h15H,2-5H2,1H3,(H,12,13). The first kappa shape index (κ1) is 11.1. The van der Waals surface area contributed by atoms with E-state index in [4.69, 9.17) is 0 Å². The average Bonchev–Trinajstić information content (AvgIpc) is 2.25. The monoisotopic (exact) mass is 239 g/mol. The van der Waals surface area contributed by atoms with E-state index in [2.05, 4.69) is 5.32 Å². The van der Waals surface area contributed by atoms with Crippen LogP contribution in [0.1, 0.15) is 30.2 Å². The van der Waals surface area contributed by atoms with Gasteiger partial charge in [0, 0.05) is 17.4 Å². The Morgan fingerprint density at radius 3 is 2.75 bits per heavy atom. The van der Waals surface area contributed by atoms with Crippen molar-refractivity contribution in [2.45, 2.75) is 32.6 Å². The van der Waals surface area contributed by atoms with Crippen molar-refractivity contribution in [3.05, 3.63) is 20.7 Å². The molecule has 0 radical (unpaired) electrons. The predicted octanol–water partition coefficient (Wildman–Crippen LogP) is 1.65. The Balaban J connectivity index is 2.52. The number of aryl methyl sites for hydroxylation is 1. The van der Waals surface area contributed by atoms with Gasteiger partial charge in [0.1, 0.15) is 5.00 Å². The van der Waals surface area contributed by atoms with Crippen molar-refractivity contribution < 1.29 is 9.90 Å². The number of hydrogen-bond acceptors (Lipinski definition) is 4. The fourth-order valence-corrected chi connectivity index (χ4v) is 3.09. The summed E-state index contributed by atoms with van der Waals surface area (Å²) in [5.74, 6) is -0.595. The molecule has 86 valence electrons. The molecule has 0 saturated carbocycles. The molecular weight excluding hydrogens is 226 g/mol. The summed E-state index contributed by atoms with van der Waals surface area (Å²) in [5, 5.41) is 12.5. The Labute approximate surface area is 96.9 Å². The number of rotatable bonds is 1. The Hall–Kier alpha value is -1.36. The zero-order valence-electron chi connectivity index (χ0n) is 9.00. The number of aromatic hydroxyl groups is 1. The molecule has 0 bridgehead atoms. The zero-order valence-corrected chi connectivity index (χ0v) is 9.82. The van der Waals surface area contributed by atoms with Crippen molar-refractivity contribution in [1.82, 2.24) is 0 Å². The van der Waals surface area contributed by atoms with Crippen molar-refractivity contribution in [3.8, 4) is 5.75 Å². The van der Waals surface area contributed by atoms with Gasteiger partial charge >= 0.3 is 0 Å². The third kappa shape index (κ3) is 1.95. The van der Waals surface area contributed by atoms with Crippen LogP contribution in [0.25, 0.3) is 0 Å². The van der Waals surface area contributed by atoms with Crippen molar-refractivity contribution in [3.63, 3.8) is 0 Å². The van der Waals surface area contributed by atoms with Gasteiger partial charge in [0.15, 0.2) is 5.75 Å². The molecule has 1 amide bonds. The van der Waals surface area contributed by atoms with E-state index in [9.17, 15) is 14.7 Å². The first-order chi connectivity index (χ1) is 7.59. The Morgan fingerprint density at radius 2 is 2.06 bits per heavy atom. The molecular formula is C11H13NO3S. The zero-order chi connectivity index (χ0) is 11.7. The van der Waals surface area contributed by atoms with Crippen molar-refractivity contribution in [2.24, 2.45) is 0 Å². The highest BCUT2D eigenvalue weighted by Gasteiger charge is 2.19. The highest BCUT2D eigenvalue weighted by Crippen LogP contribution is 2.32. The van der Waals surface area contributed by atoms with E-state index in [1.807, 2.05) is 0 Å². The van der Waals surface area contributed by atoms with E-state index in [-0.39, 0.29) is 22.1 Å². The Bertz CT molecular complexity index is 493. The molecule has 5 heteroatoms. The molecule has 2 rings (SSSR count). The van der Waals surface area contributed by atoms with Crippen LogP contribution in [0, 0.1) is 0 Å². The normalized spacial score (nSPS) is 14.3. The molecule has 1 aromatic rings. The minimum absolute atomic E-state index is 0.276. The summed E-state index contributed by atoms with van der Waals surface area (Å²) < 4.78 is 0. The van der Waals surface area contributed by atoms with Crippen LogP contribution in [-0.2, 0) is 17.6 Å². The van der Waals surface area contributed by atoms with Gasteiger partial charge in [-0.3, -0.25) is 9.59 Å². The van der Waals surface area contributed by atoms with Crippen molar-refractivity contribution in [2.75, 3.05) is 5.32 Å². The SMILES string of the molecule is CC(=O)Nc1sc2c(c(=O)c1O)CCCC2. The number of carbonyl (C=O) groups is 1. The van der Waals surface area contributed by atoms with Crippen LogP contribution in [0.15, 0.2) is 4.79 Å². The number of hydrogen-bond donors (Lipinski definition) is 2. The average molecular weight is 239 g/mol. The molecule has 0 atom stereocenters. The number of fused-ring (bicyclic) bond motifs is 1. The second-order valence-corrected chi connectivity index (χ2v) is 5.00. The molecule has 1 aromatic heterocycles. The summed E-state index contributed by atoms with van der Waals surface area (Å²) in [6, 6.07) is 0. The highest BCUT2D eigenvalue weighted by molar-refractivity contribution is 7.16. The molecule has 16 heavy (non-hydrogen) atoms. The van der Waals surface area contributed by atoms with Crippen molar-refractivity contribution >= 4 is 22.2 Å². The van der Waals surface area contributed by atoms with Gasteiger partial charge in [-0.05, 0) is 25.7 Å². The number of carbonyl (C=O) groups excluding carboxylic acids is 1. The van der Waals surface area contributed by atoms with Gasteiger partial charge in [0.2, 0.25) is 11.3 Å². The largest absolute Gasteiger partial charge is 0.502 e. The number of anilines is 1. The van der Waals surface area contributed by atoms with E-state index < -0.39 is 0 Å². The second-order valence-electron chi connectivity index (χ2n) is 3.90. The minimum Gasteiger partial charge on any atom is -0.502 e. The van der Waals surface area contributed by atoms with Gasteiger partial charge in [0.05, 0.1) is 0 Å². The molecule has 0 aliphatic heterocycles. The molecule has 0 aromatic carbocycles. The van der Waals surface area contributed by atoms with Crippen LogP contribution < -0.4 is 10.7 Å². The maximum absolute atomic E-state index is 11.8. The summed E-state index contributed by atoms with van der Waals surface area (Å²) >= 11 is 1.31.